The van der Waals surface area contributed by atoms with Crippen molar-refractivity contribution in [2.75, 3.05) is 13.7 Å². The fourth-order valence-corrected chi connectivity index (χ4v) is 3.32. The Balaban J connectivity index is 3.04. The maximum absolute atomic E-state index is 12.2. The molecule has 0 spiro atoms. The van der Waals surface area contributed by atoms with E-state index < -0.39 is 22.0 Å². The minimum atomic E-state index is -3.96. The molecule has 0 saturated heterocycles. The number of hydrogen-bond donors (Lipinski definition) is 2. The summed E-state index contributed by atoms with van der Waals surface area (Å²) >= 11 is 5.87. The van der Waals surface area contributed by atoms with E-state index in [1.54, 1.807) is 13.0 Å². The zero-order chi connectivity index (χ0) is 15.3. The number of hydrogen-bond acceptors (Lipinski definition) is 4. The van der Waals surface area contributed by atoms with Crippen LogP contribution in [0.2, 0.25) is 5.02 Å². The number of carboxylic acid groups (broad SMARTS) is 1. The normalized spacial score (nSPS) is 13.2. The van der Waals surface area contributed by atoms with Gasteiger partial charge in [-0.1, -0.05) is 17.7 Å². The molecule has 6 nitrogen and oxygen atoms in total. The summed E-state index contributed by atoms with van der Waals surface area (Å²) in [5.74, 6) is -1.26. The van der Waals surface area contributed by atoms with Gasteiger partial charge in [-0.25, -0.2) is 8.42 Å². The number of halogens is 1. The van der Waals surface area contributed by atoms with Gasteiger partial charge >= 0.3 is 5.97 Å². The van der Waals surface area contributed by atoms with Gasteiger partial charge in [-0.3, -0.25) is 4.79 Å². The number of rotatable bonds is 7. The number of carbonyl (C=O) groups is 1. The Kier molecular flexibility index (Phi) is 5.94. The van der Waals surface area contributed by atoms with Crippen LogP contribution < -0.4 is 4.72 Å². The predicted octanol–water partition coefficient (Wildman–Crippen LogP) is 1.42. The lowest BCUT2D eigenvalue weighted by Crippen LogP contribution is -2.41. The first-order valence-electron chi connectivity index (χ1n) is 5.78. The topological polar surface area (TPSA) is 92.7 Å². The van der Waals surface area contributed by atoms with Gasteiger partial charge in [-0.15, -0.1) is 0 Å². The molecule has 1 atom stereocenters. The lowest BCUT2D eigenvalue weighted by Gasteiger charge is -2.15. The van der Waals surface area contributed by atoms with Crippen LogP contribution in [0.1, 0.15) is 12.0 Å². The molecule has 112 valence electrons. The maximum Gasteiger partial charge on any atom is 0.321 e. The smallest absolute Gasteiger partial charge is 0.321 e. The molecule has 1 unspecified atom stereocenters. The van der Waals surface area contributed by atoms with Crippen molar-refractivity contribution in [2.24, 2.45) is 0 Å². The molecule has 0 amide bonds. The Morgan fingerprint density at radius 1 is 1.50 bits per heavy atom. The van der Waals surface area contributed by atoms with E-state index in [9.17, 15) is 13.2 Å². The van der Waals surface area contributed by atoms with Crippen LogP contribution in [0.4, 0.5) is 0 Å². The second-order valence-corrected chi connectivity index (χ2v) is 6.25. The van der Waals surface area contributed by atoms with Crippen LogP contribution in [0.5, 0.6) is 0 Å². The summed E-state index contributed by atoms with van der Waals surface area (Å²) in [7, 11) is -2.55. The van der Waals surface area contributed by atoms with Crippen LogP contribution >= 0.6 is 11.6 Å². The second kappa shape index (κ2) is 7.03. The number of sulfonamides is 1. The average molecular weight is 322 g/mol. The summed E-state index contributed by atoms with van der Waals surface area (Å²) in [6.45, 7) is 1.69. The number of ether oxygens (including phenoxy) is 1. The van der Waals surface area contributed by atoms with E-state index in [1.807, 2.05) is 0 Å². The molecule has 8 heteroatoms. The zero-order valence-corrected chi connectivity index (χ0v) is 12.7. The van der Waals surface area contributed by atoms with Crippen molar-refractivity contribution in [3.8, 4) is 0 Å². The summed E-state index contributed by atoms with van der Waals surface area (Å²) in [5, 5.41) is 9.33. The number of carboxylic acids is 1. The van der Waals surface area contributed by atoms with Gasteiger partial charge in [0.1, 0.15) is 6.04 Å². The van der Waals surface area contributed by atoms with Gasteiger partial charge < -0.3 is 9.84 Å². The molecule has 0 aliphatic heterocycles. The second-order valence-electron chi connectivity index (χ2n) is 4.16. The van der Waals surface area contributed by atoms with E-state index in [-0.39, 0.29) is 17.9 Å². The molecule has 2 N–H and O–H groups in total. The number of nitrogens with one attached hydrogen (secondary N) is 1. The molecule has 0 aliphatic rings. The van der Waals surface area contributed by atoms with E-state index >= 15 is 0 Å². The van der Waals surface area contributed by atoms with Crippen LogP contribution in [0, 0.1) is 6.92 Å². The van der Waals surface area contributed by atoms with Crippen LogP contribution in [0.25, 0.3) is 0 Å². The molecule has 1 rings (SSSR count). The fraction of sp³-hybridized carbons (Fsp3) is 0.417. The quantitative estimate of drug-likeness (QED) is 0.792. The highest BCUT2D eigenvalue weighted by Gasteiger charge is 2.26. The molecule has 1 aromatic carbocycles. The van der Waals surface area contributed by atoms with Crippen LogP contribution in [-0.2, 0) is 19.6 Å². The first kappa shape index (κ1) is 16.9. The molecule has 0 radical (unpaired) electrons. The first-order chi connectivity index (χ1) is 9.29. The van der Waals surface area contributed by atoms with Crippen molar-refractivity contribution in [3.63, 3.8) is 0 Å². The van der Waals surface area contributed by atoms with Crippen molar-refractivity contribution < 1.29 is 23.1 Å². The Labute approximate surface area is 122 Å². The number of methoxy groups -OCH3 is 1. The third-order valence-electron chi connectivity index (χ3n) is 2.71. The largest absolute Gasteiger partial charge is 0.480 e. The van der Waals surface area contributed by atoms with E-state index in [4.69, 9.17) is 21.4 Å². The van der Waals surface area contributed by atoms with Gasteiger partial charge in [-0.05, 0) is 31.0 Å². The highest BCUT2D eigenvalue weighted by Crippen LogP contribution is 2.22. The van der Waals surface area contributed by atoms with Crippen LogP contribution in [-0.4, -0.2) is 39.3 Å². The lowest BCUT2D eigenvalue weighted by molar-refractivity contribution is -0.139. The third kappa shape index (κ3) is 4.17. The number of aliphatic carboxylic acids is 1. The molecule has 20 heavy (non-hydrogen) atoms. The van der Waals surface area contributed by atoms with E-state index in [0.29, 0.717) is 10.6 Å². The van der Waals surface area contributed by atoms with Crippen molar-refractivity contribution in [1.29, 1.82) is 0 Å². The summed E-state index contributed by atoms with van der Waals surface area (Å²) in [6.07, 6.45) is 0.0324. The Hall–Kier alpha value is -1.15. The Bertz CT molecular complexity index is 588. The fourth-order valence-electron chi connectivity index (χ4n) is 1.60. The molecule has 0 aromatic heterocycles. The third-order valence-corrected chi connectivity index (χ3v) is 4.74. The highest BCUT2D eigenvalue weighted by molar-refractivity contribution is 7.89. The predicted molar refractivity (Wildman–Crippen MR) is 74.4 cm³/mol. The van der Waals surface area contributed by atoms with Gasteiger partial charge in [0.15, 0.2) is 0 Å². The van der Waals surface area contributed by atoms with Crippen molar-refractivity contribution in [3.05, 3.63) is 28.8 Å². The summed E-state index contributed by atoms with van der Waals surface area (Å²) < 4.78 is 31.3. The molecule has 0 fully saturated rings. The van der Waals surface area contributed by atoms with Crippen molar-refractivity contribution >= 4 is 27.6 Å². The van der Waals surface area contributed by atoms with Crippen molar-refractivity contribution in [1.82, 2.24) is 4.72 Å². The van der Waals surface area contributed by atoms with Gasteiger partial charge in [0, 0.05) is 18.7 Å². The van der Waals surface area contributed by atoms with Gasteiger partial charge in [-0.2, -0.15) is 4.72 Å². The monoisotopic (exact) mass is 321 g/mol. The summed E-state index contributed by atoms with van der Waals surface area (Å²) in [4.78, 5) is 11.0. The molecular formula is C12H16ClNO5S. The van der Waals surface area contributed by atoms with E-state index in [0.717, 1.165) is 0 Å². The highest BCUT2D eigenvalue weighted by atomic mass is 35.5. The van der Waals surface area contributed by atoms with Crippen molar-refractivity contribution in [2.45, 2.75) is 24.3 Å². The minimum Gasteiger partial charge on any atom is -0.480 e. The van der Waals surface area contributed by atoms with E-state index in [1.165, 1.54) is 19.2 Å². The molecule has 0 aliphatic carbocycles. The van der Waals surface area contributed by atoms with Gasteiger partial charge in [0.05, 0.1) is 4.90 Å². The molecule has 0 saturated carbocycles. The average Bonchev–Trinajstić information content (AvgIpc) is 2.37. The van der Waals surface area contributed by atoms with Crippen LogP contribution in [0.3, 0.4) is 0 Å². The maximum atomic E-state index is 12.2. The van der Waals surface area contributed by atoms with Crippen LogP contribution in [0.15, 0.2) is 23.1 Å². The SMILES string of the molecule is COCCC(NS(=O)(=O)c1cccc(Cl)c1C)C(=O)O. The molecular weight excluding hydrogens is 306 g/mol. The minimum absolute atomic E-state index is 0.0324. The zero-order valence-electron chi connectivity index (χ0n) is 11.1. The Morgan fingerprint density at radius 2 is 2.15 bits per heavy atom. The summed E-state index contributed by atoms with van der Waals surface area (Å²) in [5.41, 5.74) is 0.373. The first-order valence-corrected chi connectivity index (χ1v) is 7.65. The van der Waals surface area contributed by atoms with E-state index in [2.05, 4.69) is 4.72 Å². The molecule has 0 bridgehead atoms. The lowest BCUT2D eigenvalue weighted by atomic mass is 10.2. The molecule has 1 aromatic rings. The molecule has 0 heterocycles. The Morgan fingerprint density at radius 3 is 2.70 bits per heavy atom. The standard InChI is InChI=1S/C12H16ClNO5S/c1-8-9(13)4-3-5-11(8)20(17,18)14-10(12(15)16)6-7-19-2/h3-5,10,14H,6-7H2,1-2H3,(H,15,16). The van der Waals surface area contributed by atoms with Gasteiger partial charge in [0.25, 0.3) is 0 Å². The van der Waals surface area contributed by atoms with Gasteiger partial charge in [0.2, 0.25) is 10.0 Å². The summed E-state index contributed by atoms with van der Waals surface area (Å²) in [6, 6.07) is 3.18. The number of benzene rings is 1.